The van der Waals surface area contributed by atoms with E-state index in [0.29, 0.717) is 5.92 Å². The van der Waals surface area contributed by atoms with Gasteiger partial charge in [-0.3, -0.25) is 4.98 Å². The van der Waals surface area contributed by atoms with Gasteiger partial charge in [-0.15, -0.1) is 0 Å². The number of ether oxygens (including phenoxy) is 1. The normalized spacial score (nSPS) is 21.7. The third-order valence-corrected chi connectivity index (χ3v) is 13.3. The van der Waals surface area contributed by atoms with Gasteiger partial charge in [-0.2, -0.15) is 5.26 Å². The van der Waals surface area contributed by atoms with Crippen LogP contribution in [0, 0.1) is 29.1 Å². The Labute approximate surface area is 307 Å². The summed E-state index contributed by atoms with van der Waals surface area (Å²) in [5.41, 5.74) is 2.33. The van der Waals surface area contributed by atoms with Crippen molar-refractivity contribution in [2.24, 2.45) is 17.8 Å². The molecule has 0 unspecified atom stereocenters. The number of hydrogen-bond donors (Lipinski definition) is 1. The first-order valence-electron chi connectivity index (χ1n) is 18.5. The molecule has 52 heavy (non-hydrogen) atoms. The highest BCUT2D eigenvalue weighted by Gasteiger charge is 2.53. The monoisotopic (exact) mass is 717 g/mol. The van der Waals surface area contributed by atoms with E-state index < -0.39 is 21.3 Å². The molecule has 1 aromatic heterocycles. The number of hydrogen-bond acceptors (Lipinski definition) is 8. The number of nitriles is 1. The first-order valence-corrected chi connectivity index (χ1v) is 20.0. The van der Waals surface area contributed by atoms with Crippen molar-refractivity contribution in [2.45, 2.75) is 66.4 Å². The van der Waals surface area contributed by atoms with E-state index in [1.807, 2.05) is 67.6 Å². The van der Waals surface area contributed by atoms with Gasteiger partial charge in [-0.1, -0.05) is 60.7 Å². The maximum absolute atomic E-state index is 13.2. The summed E-state index contributed by atoms with van der Waals surface area (Å²) in [4.78, 5) is 22.5. The molecular formula is C42H47N5O4S. The largest absolute Gasteiger partial charge is 0.446 e. The molecule has 1 amide bonds. The first kappa shape index (κ1) is 35.7. The van der Waals surface area contributed by atoms with E-state index in [-0.39, 0.29) is 33.8 Å². The lowest BCUT2D eigenvalue weighted by atomic mass is 9.59. The van der Waals surface area contributed by atoms with Crippen LogP contribution in [-0.4, -0.2) is 63.2 Å². The number of alkyl carbamates (subject to hydrolysis) is 1. The zero-order chi connectivity index (χ0) is 36.1. The number of rotatable bonds is 11. The van der Waals surface area contributed by atoms with Gasteiger partial charge in [0.15, 0.2) is 0 Å². The number of amides is 1. The Balaban J connectivity index is 0.965. The van der Waals surface area contributed by atoms with Gasteiger partial charge in [0.25, 0.3) is 0 Å². The predicted molar refractivity (Wildman–Crippen MR) is 200 cm³/mol. The Morgan fingerprint density at radius 3 is 2.19 bits per heavy atom. The fraction of sp³-hybridized carbons (Fsp3) is 0.405. The van der Waals surface area contributed by atoms with E-state index in [9.17, 15) is 18.5 Å². The molecule has 4 atom stereocenters. The lowest BCUT2D eigenvalue weighted by Gasteiger charge is -2.48. The second kappa shape index (κ2) is 15.5. The lowest BCUT2D eigenvalue weighted by molar-refractivity contribution is 0.0289. The number of nitrogens with one attached hydrogen (secondary N) is 1. The summed E-state index contributed by atoms with van der Waals surface area (Å²) in [6, 6.07) is 33.0. The van der Waals surface area contributed by atoms with Gasteiger partial charge in [0.05, 0.1) is 27.3 Å². The summed E-state index contributed by atoms with van der Waals surface area (Å²) in [7, 11) is -3.57. The molecule has 1 saturated carbocycles. The van der Waals surface area contributed by atoms with Crippen molar-refractivity contribution < 1.29 is 17.9 Å². The highest BCUT2D eigenvalue weighted by Crippen LogP contribution is 2.51. The van der Waals surface area contributed by atoms with Crippen molar-refractivity contribution in [3.05, 3.63) is 121 Å². The quantitative estimate of drug-likeness (QED) is 0.174. The first-order chi connectivity index (χ1) is 25.3. The van der Waals surface area contributed by atoms with Crippen molar-refractivity contribution >= 4 is 21.6 Å². The van der Waals surface area contributed by atoms with E-state index in [2.05, 4.69) is 38.3 Å². The molecule has 0 spiro atoms. The van der Waals surface area contributed by atoms with Crippen molar-refractivity contribution in [3.8, 4) is 6.07 Å². The van der Waals surface area contributed by atoms with Crippen LogP contribution >= 0.6 is 0 Å². The minimum Gasteiger partial charge on any atom is -0.446 e. The number of anilines is 1. The third kappa shape index (κ3) is 7.30. The summed E-state index contributed by atoms with van der Waals surface area (Å²) in [5, 5.41) is 14.2. The molecule has 3 fully saturated rings. The Hall–Kier alpha value is -4.72. The fourth-order valence-electron chi connectivity index (χ4n) is 8.79. The molecule has 3 heterocycles. The number of carbonyl (C=O) groups excluding carboxylic acids is 1. The molecule has 0 bridgehead atoms. The molecule has 2 saturated heterocycles. The maximum atomic E-state index is 13.2. The van der Waals surface area contributed by atoms with E-state index in [1.54, 1.807) is 12.1 Å². The van der Waals surface area contributed by atoms with Crippen LogP contribution < -0.4 is 10.2 Å². The molecule has 0 radical (unpaired) electrons. The van der Waals surface area contributed by atoms with Crippen LogP contribution in [0.25, 0.3) is 0 Å². The second-order valence-electron chi connectivity index (χ2n) is 14.6. The van der Waals surface area contributed by atoms with Crippen molar-refractivity contribution in [2.75, 3.05) is 37.6 Å². The molecule has 1 N–H and O–H groups in total. The summed E-state index contributed by atoms with van der Waals surface area (Å²) < 4.78 is 32.1. The molecule has 4 aromatic rings. The molecule has 1 aliphatic carbocycles. The molecule has 270 valence electrons. The van der Waals surface area contributed by atoms with Gasteiger partial charge in [0.1, 0.15) is 6.10 Å². The van der Waals surface area contributed by atoms with Crippen LogP contribution in [0.2, 0.25) is 0 Å². The smallest absolute Gasteiger partial charge is 0.407 e. The van der Waals surface area contributed by atoms with E-state index >= 15 is 0 Å². The Morgan fingerprint density at radius 1 is 0.904 bits per heavy atom. The Morgan fingerprint density at radius 2 is 1.54 bits per heavy atom. The topological polar surface area (TPSA) is 116 Å². The number of piperidine rings is 1. The number of pyridine rings is 1. The second-order valence-corrected chi connectivity index (χ2v) is 16.6. The van der Waals surface area contributed by atoms with Gasteiger partial charge in [-0.25, -0.2) is 13.2 Å². The number of aromatic nitrogens is 1. The van der Waals surface area contributed by atoms with Gasteiger partial charge in [-0.05, 0) is 106 Å². The predicted octanol–water partition coefficient (Wildman–Crippen LogP) is 7.18. The zero-order valence-corrected chi connectivity index (χ0v) is 30.5. The van der Waals surface area contributed by atoms with Crippen LogP contribution in [0.1, 0.15) is 56.2 Å². The van der Waals surface area contributed by atoms with Crippen LogP contribution in [0.5, 0.6) is 0 Å². The minimum atomic E-state index is -3.57. The molecule has 10 heteroatoms. The van der Waals surface area contributed by atoms with Gasteiger partial charge in [0, 0.05) is 49.6 Å². The highest BCUT2D eigenvalue weighted by molar-refractivity contribution is 7.91. The Bertz CT molecular complexity index is 1940. The molecule has 3 aliphatic rings. The van der Waals surface area contributed by atoms with Gasteiger partial charge in [0.2, 0.25) is 9.84 Å². The van der Waals surface area contributed by atoms with Gasteiger partial charge < -0.3 is 19.9 Å². The third-order valence-electron chi connectivity index (χ3n) is 11.5. The summed E-state index contributed by atoms with van der Waals surface area (Å²) in [5.74, 6) is 0.591. The van der Waals surface area contributed by atoms with Crippen LogP contribution in [-0.2, 0) is 20.0 Å². The molecule has 9 nitrogen and oxygen atoms in total. The number of benzene rings is 3. The van der Waals surface area contributed by atoms with Crippen molar-refractivity contribution in [1.29, 1.82) is 5.26 Å². The standard InChI is InChI=1S/C42H47N5O4S/c1-31(33-9-4-2-5-10-33)45-41(48)51-40-14-8-13-39(40)42(30-43,34-11-6-3-7-12-34)35-21-25-46(26-22-35)27-32-28-47(29-32)36-15-17-37(18-16-36)52(49,50)38-19-23-44-24-20-38/h2-7,9-12,15-20,23-24,31-32,35,39-40H,8,13-14,21-22,25-29H2,1H3,(H,45,48)/t31-,39+,40+,42-/m0/s1. The minimum absolute atomic E-state index is 0.0829. The average Bonchev–Trinajstić information content (AvgIpc) is 3.63. The number of nitrogens with zero attached hydrogens (tertiary/aromatic N) is 4. The molecule has 3 aromatic carbocycles. The van der Waals surface area contributed by atoms with Crippen molar-refractivity contribution in [3.63, 3.8) is 0 Å². The zero-order valence-electron chi connectivity index (χ0n) is 29.7. The van der Waals surface area contributed by atoms with E-state index in [4.69, 9.17) is 4.74 Å². The van der Waals surface area contributed by atoms with Crippen molar-refractivity contribution in [1.82, 2.24) is 15.2 Å². The van der Waals surface area contributed by atoms with E-state index in [1.165, 1.54) is 24.5 Å². The SMILES string of the molecule is C[C@H](NC(=O)O[C@@H]1CCC[C@H]1[C@@](C#N)(c1ccccc1)C1CCN(CC2CN(c3ccc(S(=O)(=O)c4ccncc4)cc3)C2)CC1)c1ccccc1. The number of sulfone groups is 1. The maximum Gasteiger partial charge on any atom is 0.407 e. The van der Waals surface area contributed by atoms with E-state index in [0.717, 1.165) is 81.6 Å². The summed E-state index contributed by atoms with van der Waals surface area (Å²) >= 11 is 0. The highest BCUT2D eigenvalue weighted by atomic mass is 32.2. The lowest BCUT2D eigenvalue weighted by Crippen LogP contribution is -2.54. The molecule has 7 rings (SSSR count). The summed E-state index contributed by atoms with van der Waals surface area (Å²) in [6.45, 7) is 6.65. The van der Waals surface area contributed by atoms with Gasteiger partial charge >= 0.3 is 6.09 Å². The van der Waals surface area contributed by atoms with Crippen LogP contribution in [0.4, 0.5) is 10.5 Å². The molecular weight excluding hydrogens is 671 g/mol. The Kier molecular flexibility index (Phi) is 10.6. The summed E-state index contributed by atoms with van der Waals surface area (Å²) in [6.07, 6.45) is 6.58. The fourth-order valence-corrected chi connectivity index (χ4v) is 10.0. The van der Waals surface area contributed by atoms with Crippen LogP contribution in [0.3, 0.4) is 0 Å². The van der Waals surface area contributed by atoms with Crippen LogP contribution in [0.15, 0.2) is 119 Å². The molecule has 2 aliphatic heterocycles. The average molecular weight is 718 g/mol. The number of carbonyl (C=O) groups is 1. The number of likely N-dealkylation sites (tertiary alicyclic amines) is 1.